The zero-order chi connectivity index (χ0) is 18.9. The molecule has 0 amide bonds. The molecule has 2 N–H and O–H groups in total. The molecule has 7 heteroatoms. The molecule has 3 rings (SSSR count). The fourth-order valence-electron chi connectivity index (χ4n) is 2.64. The van der Waals surface area contributed by atoms with Gasteiger partial charge in [-0.05, 0) is 36.2 Å². The average molecular weight is 371 g/mol. The largest absolute Gasteiger partial charge is 0.497 e. The van der Waals surface area contributed by atoms with Crippen molar-refractivity contribution in [3.63, 3.8) is 0 Å². The summed E-state index contributed by atoms with van der Waals surface area (Å²) in [5, 5.41) is 6.53. The van der Waals surface area contributed by atoms with E-state index in [-0.39, 0.29) is 6.79 Å². The molecule has 27 heavy (non-hydrogen) atoms. The van der Waals surface area contributed by atoms with E-state index in [1.54, 1.807) is 14.2 Å². The highest BCUT2D eigenvalue weighted by Crippen LogP contribution is 2.34. The third-order valence-corrected chi connectivity index (χ3v) is 4.10. The van der Waals surface area contributed by atoms with Crippen molar-refractivity contribution in [2.24, 2.45) is 4.99 Å². The second-order valence-corrected chi connectivity index (χ2v) is 5.89. The molecule has 0 atom stereocenters. The van der Waals surface area contributed by atoms with E-state index in [0.717, 1.165) is 41.9 Å². The Morgan fingerprint density at radius 1 is 1.00 bits per heavy atom. The third-order valence-electron chi connectivity index (χ3n) is 4.10. The first kappa shape index (κ1) is 18.7. The molecule has 0 saturated heterocycles. The number of benzene rings is 2. The topological polar surface area (TPSA) is 73.3 Å². The molecule has 0 fully saturated rings. The highest BCUT2D eigenvalue weighted by Gasteiger charge is 2.13. The number of hydrogen-bond acceptors (Lipinski definition) is 5. The van der Waals surface area contributed by atoms with Crippen LogP contribution in [0.25, 0.3) is 0 Å². The Hall–Kier alpha value is -3.09. The van der Waals surface area contributed by atoms with E-state index < -0.39 is 0 Å². The predicted molar refractivity (Wildman–Crippen MR) is 104 cm³/mol. The van der Waals surface area contributed by atoms with E-state index in [9.17, 15) is 0 Å². The lowest BCUT2D eigenvalue weighted by Gasteiger charge is -2.13. The van der Waals surface area contributed by atoms with Gasteiger partial charge >= 0.3 is 0 Å². The number of nitrogens with one attached hydrogen (secondary N) is 2. The Kier molecular flexibility index (Phi) is 6.62. The molecular weight excluding hydrogens is 346 g/mol. The minimum atomic E-state index is 0.263. The van der Waals surface area contributed by atoms with Gasteiger partial charge in [-0.3, -0.25) is 4.99 Å². The minimum absolute atomic E-state index is 0.263. The van der Waals surface area contributed by atoms with Gasteiger partial charge in [0.05, 0.1) is 13.7 Å². The van der Waals surface area contributed by atoms with Gasteiger partial charge in [0.1, 0.15) is 18.1 Å². The quantitative estimate of drug-likeness (QED) is 0.421. The van der Waals surface area contributed by atoms with Gasteiger partial charge in [0, 0.05) is 19.7 Å². The van der Waals surface area contributed by atoms with Crippen molar-refractivity contribution in [1.82, 2.24) is 10.6 Å². The van der Waals surface area contributed by atoms with Gasteiger partial charge < -0.3 is 29.6 Å². The summed E-state index contributed by atoms with van der Waals surface area (Å²) < 4.78 is 21.5. The maximum absolute atomic E-state index is 5.73. The lowest BCUT2D eigenvalue weighted by atomic mass is 10.1. The van der Waals surface area contributed by atoms with Gasteiger partial charge in [0.15, 0.2) is 17.5 Å². The summed E-state index contributed by atoms with van der Waals surface area (Å²) in [6.07, 6.45) is 0.901. The SMILES string of the molecule is CN=C(NCCOc1ccc2c(c1)OCO2)NCCc1ccc(OC)cc1. The maximum Gasteiger partial charge on any atom is 0.231 e. The van der Waals surface area contributed by atoms with Crippen LogP contribution >= 0.6 is 0 Å². The highest BCUT2D eigenvalue weighted by atomic mass is 16.7. The van der Waals surface area contributed by atoms with Gasteiger partial charge in [-0.15, -0.1) is 0 Å². The minimum Gasteiger partial charge on any atom is -0.497 e. The maximum atomic E-state index is 5.73. The second kappa shape index (κ2) is 9.56. The van der Waals surface area contributed by atoms with Crippen LogP contribution in [0.15, 0.2) is 47.5 Å². The number of rotatable bonds is 8. The molecule has 0 unspecified atom stereocenters. The van der Waals surface area contributed by atoms with E-state index in [2.05, 4.69) is 27.8 Å². The van der Waals surface area contributed by atoms with Crippen LogP contribution in [0.2, 0.25) is 0 Å². The van der Waals surface area contributed by atoms with Gasteiger partial charge in [-0.25, -0.2) is 0 Å². The van der Waals surface area contributed by atoms with Crippen molar-refractivity contribution in [1.29, 1.82) is 0 Å². The Morgan fingerprint density at radius 2 is 1.74 bits per heavy atom. The summed E-state index contributed by atoms with van der Waals surface area (Å²) in [5.41, 5.74) is 1.24. The third kappa shape index (κ3) is 5.44. The van der Waals surface area contributed by atoms with Crippen molar-refractivity contribution in [2.75, 3.05) is 40.6 Å². The van der Waals surface area contributed by atoms with E-state index >= 15 is 0 Å². The number of nitrogens with zero attached hydrogens (tertiary/aromatic N) is 1. The highest BCUT2D eigenvalue weighted by molar-refractivity contribution is 5.79. The van der Waals surface area contributed by atoms with Crippen LogP contribution in [0.5, 0.6) is 23.0 Å². The smallest absolute Gasteiger partial charge is 0.231 e. The van der Waals surface area contributed by atoms with Crippen LogP contribution in [-0.4, -0.2) is 46.6 Å². The number of aliphatic imine (C=N–C) groups is 1. The van der Waals surface area contributed by atoms with Crippen molar-refractivity contribution < 1.29 is 18.9 Å². The first-order valence-electron chi connectivity index (χ1n) is 8.88. The molecule has 2 aromatic carbocycles. The molecule has 0 aliphatic carbocycles. The van der Waals surface area contributed by atoms with Crippen LogP contribution in [0.3, 0.4) is 0 Å². The van der Waals surface area contributed by atoms with Crippen LogP contribution in [0.1, 0.15) is 5.56 Å². The number of ether oxygens (including phenoxy) is 4. The normalized spacial score (nSPS) is 12.6. The first-order chi connectivity index (χ1) is 13.3. The Labute approximate surface area is 159 Å². The van der Waals surface area contributed by atoms with Crippen molar-refractivity contribution in [3.8, 4) is 23.0 Å². The monoisotopic (exact) mass is 371 g/mol. The van der Waals surface area contributed by atoms with Crippen molar-refractivity contribution in [3.05, 3.63) is 48.0 Å². The zero-order valence-corrected chi connectivity index (χ0v) is 15.7. The molecular formula is C20H25N3O4. The summed E-state index contributed by atoms with van der Waals surface area (Å²) in [4.78, 5) is 4.22. The van der Waals surface area contributed by atoms with Crippen LogP contribution < -0.4 is 29.6 Å². The molecule has 0 radical (unpaired) electrons. The van der Waals surface area contributed by atoms with Gasteiger partial charge in [0.2, 0.25) is 6.79 Å². The fraction of sp³-hybridized carbons (Fsp3) is 0.350. The molecule has 0 aromatic heterocycles. The van der Waals surface area contributed by atoms with Gasteiger partial charge in [-0.1, -0.05) is 12.1 Å². The summed E-state index contributed by atoms with van der Waals surface area (Å²) >= 11 is 0. The summed E-state index contributed by atoms with van der Waals surface area (Å²) in [6.45, 7) is 2.20. The second-order valence-electron chi connectivity index (χ2n) is 5.89. The summed E-state index contributed by atoms with van der Waals surface area (Å²) in [7, 11) is 3.42. The Balaban J connectivity index is 1.34. The van der Waals surface area contributed by atoms with Crippen molar-refractivity contribution >= 4 is 5.96 Å². The molecule has 1 heterocycles. The number of methoxy groups -OCH3 is 1. The lowest BCUT2D eigenvalue weighted by molar-refractivity contribution is 0.173. The van der Waals surface area contributed by atoms with E-state index in [4.69, 9.17) is 18.9 Å². The zero-order valence-electron chi connectivity index (χ0n) is 15.7. The molecule has 2 aromatic rings. The number of guanidine groups is 1. The first-order valence-corrected chi connectivity index (χ1v) is 8.88. The van der Waals surface area contributed by atoms with Crippen molar-refractivity contribution in [2.45, 2.75) is 6.42 Å². The fourth-order valence-corrected chi connectivity index (χ4v) is 2.64. The van der Waals surface area contributed by atoms with E-state index in [1.165, 1.54) is 5.56 Å². The molecule has 7 nitrogen and oxygen atoms in total. The summed E-state index contributed by atoms with van der Waals surface area (Å²) in [5.74, 6) is 3.84. The number of fused-ring (bicyclic) bond motifs is 1. The van der Waals surface area contributed by atoms with E-state index in [1.807, 2.05) is 30.3 Å². The van der Waals surface area contributed by atoms with Crippen LogP contribution in [0, 0.1) is 0 Å². The Morgan fingerprint density at radius 3 is 2.52 bits per heavy atom. The van der Waals surface area contributed by atoms with Crippen LogP contribution in [-0.2, 0) is 6.42 Å². The molecule has 0 spiro atoms. The molecule has 1 aliphatic heterocycles. The molecule has 0 bridgehead atoms. The predicted octanol–water partition coefficient (Wildman–Crippen LogP) is 2.21. The molecule has 1 aliphatic rings. The Bertz CT molecular complexity index is 762. The lowest BCUT2D eigenvalue weighted by Crippen LogP contribution is -2.40. The summed E-state index contributed by atoms with van der Waals surface area (Å²) in [6, 6.07) is 13.6. The molecule has 144 valence electrons. The number of hydrogen-bond donors (Lipinski definition) is 2. The standard InChI is InChI=1S/C20H25N3O4/c1-21-20(22-10-9-15-3-5-16(24-2)6-4-15)23-11-12-25-17-7-8-18-19(13-17)27-14-26-18/h3-8,13H,9-12,14H2,1-2H3,(H2,21,22,23). The average Bonchev–Trinajstić information content (AvgIpc) is 3.18. The molecule has 0 saturated carbocycles. The van der Waals surface area contributed by atoms with E-state index in [0.29, 0.717) is 13.2 Å². The van der Waals surface area contributed by atoms with Crippen LogP contribution in [0.4, 0.5) is 0 Å². The van der Waals surface area contributed by atoms with Gasteiger partial charge in [-0.2, -0.15) is 0 Å². The van der Waals surface area contributed by atoms with Gasteiger partial charge in [0.25, 0.3) is 0 Å².